The molecule has 0 unspecified atom stereocenters. The molecule has 0 saturated carbocycles. The Morgan fingerprint density at radius 2 is 1.64 bits per heavy atom. The number of hydrogen-bond acceptors (Lipinski definition) is 7. The van der Waals surface area contributed by atoms with Crippen LogP contribution in [-0.4, -0.2) is 65.0 Å². The fourth-order valence-corrected chi connectivity index (χ4v) is 5.10. The average molecular weight is 456 g/mol. The third-order valence-corrected chi connectivity index (χ3v) is 6.90. The molecule has 2 aliphatic rings. The average Bonchev–Trinajstić information content (AvgIpc) is 3.29. The molecule has 7 heteroatoms. The normalized spacial score (nSPS) is 22.4. The van der Waals surface area contributed by atoms with Gasteiger partial charge in [0.05, 0.1) is 40.6 Å². The number of piperidine rings is 1. The van der Waals surface area contributed by atoms with E-state index < -0.39 is 0 Å². The van der Waals surface area contributed by atoms with E-state index >= 15 is 0 Å². The van der Waals surface area contributed by atoms with E-state index in [-0.39, 0.29) is 5.97 Å². The SMILES string of the molecule is COc1ccc([C@H]2C[C@H]3C[C@@H](COC(=O)c4cc(OC)c(OC)c(OC)c4)CCN3C2)cc1. The summed E-state index contributed by atoms with van der Waals surface area (Å²) in [6, 6.07) is 12.2. The third-order valence-electron chi connectivity index (χ3n) is 6.90. The van der Waals surface area contributed by atoms with Crippen LogP contribution in [0.25, 0.3) is 0 Å². The molecule has 178 valence electrons. The predicted molar refractivity (Wildman–Crippen MR) is 125 cm³/mol. The van der Waals surface area contributed by atoms with Crippen molar-refractivity contribution in [2.24, 2.45) is 5.92 Å². The van der Waals surface area contributed by atoms with Crippen molar-refractivity contribution >= 4 is 5.97 Å². The Labute approximate surface area is 195 Å². The molecule has 2 aromatic rings. The van der Waals surface area contributed by atoms with Crippen molar-refractivity contribution in [3.63, 3.8) is 0 Å². The molecule has 2 aliphatic heterocycles. The Kier molecular flexibility index (Phi) is 7.28. The van der Waals surface area contributed by atoms with E-state index in [9.17, 15) is 4.79 Å². The van der Waals surface area contributed by atoms with E-state index in [1.54, 1.807) is 19.2 Å². The molecule has 33 heavy (non-hydrogen) atoms. The van der Waals surface area contributed by atoms with Crippen LogP contribution in [0.5, 0.6) is 23.0 Å². The second kappa shape index (κ2) is 10.3. The topological polar surface area (TPSA) is 66.5 Å². The van der Waals surface area contributed by atoms with Crippen molar-refractivity contribution in [1.29, 1.82) is 0 Å². The summed E-state index contributed by atoms with van der Waals surface area (Å²) in [5.74, 6) is 2.76. The first-order valence-electron chi connectivity index (χ1n) is 11.4. The van der Waals surface area contributed by atoms with Crippen LogP contribution in [0.4, 0.5) is 0 Å². The molecule has 0 amide bonds. The van der Waals surface area contributed by atoms with Crippen molar-refractivity contribution in [3.8, 4) is 23.0 Å². The summed E-state index contributed by atoms with van der Waals surface area (Å²) < 4.78 is 27.0. The van der Waals surface area contributed by atoms with Gasteiger partial charge in [-0.05, 0) is 67.5 Å². The van der Waals surface area contributed by atoms with Gasteiger partial charge < -0.3 is 23.7 Å². The van der Waals surface area contributed by atoms with Gasteiger partial charge in [-0.25, -0.2) is 4.79 Å². The summed E-state index contributed by atoms with van der Waals surface area (Å²) >= 11 is 0. The Morgan fingerprint density at radius 1 is 0.939 bits per heavy atom. The molecule has 3 atom stereocenters. The zero-order chi connectivity index (χ0) is 23.4. The van der Waals surface area contributed by atoms with Crippen molar-refractivity contribution in [3.05, 3.63) is 47.5 Å². The first-order chi connectivity index (χ1) is 16.1. The minimum absolute atomic E-state index is 0.367. The molecular formula is C26H33NO6. The first kappa shape index (κ1) is 23.2. The number of carbonyl (C=O) groups is 1. The highest BCUT2D eigenvalue weighted by Crippen LogP contribution is 2.40. The van der Waals surface area contributed by atoms with Crippen LogP contribution in [-0.2, 0) is 4.74 Å². The number of rotatable bonds is 8. The van der Waals surface area contributed by atoms with Gasteiger partial charge >= 0.3 is 5.97 Å². The van der Waals surface area contributed by atoms with E-state index in [1.807, 2.05) is 12.1 Å². The molecular weight excluding hydrogens is 422 g/mol. The molecule has 0 bridgehead atoms. The number of nitrogens with zero attached hydrogens (tertiary/aromatic N) is 1. The van der Waals surface area contributed by atoms with Crippen molar-refractivity contribution in [1.82, 2.24) is 4.90 Å². The van der Waals surface area contributed by atoms with Gasteiger partial charge in [-0.15, -0.1) is 0 Å². The van der Waals surface area contributed by atoms with Gasteiger partial charge in [0.25, 0.3) is 0 Å². The zero-order valence-corrected chi connectivity index (χ0v) is 19.8. The summed E-state index contributed by atoms with van der Waals surface area (Å²) in [5.41, 5.74) is 1.76. The smallest absolute Gasteiger partial charge is 0.338 e. The van der Waals surface area contributed by atoms with Gasteiger partial charge in [0.1, 0.15) is 5.75 Å². The molecule has 2 aromatic carbocycles. The highest BCUT2D eigenvalue weighted by atomic mass is 16.5. The lowest BCUT2D eigenvalue weighted by molar-refractivity contribution is 0.0339. The quantitative estimate of drug-likeness (QED) is 0.554. The maximum atomic E-state index is 12.7. The van der Waals surface area contributed by atoms with Crippen LogP contribution in [0.15, 0.2) is 36.4 Å². The molecule has 2 saturated heterocycles. The lowest BCUT2D eigenvalue weighted by atomic mass is 9.89. The van der Waals surface area contributed by atoms with Crippen LogP contribution in [0.1, 0.15) is 41.1 Å². The minimum atomic E-state index is -0.376. The standard InChI is InChI=1S/C26H33NO6/c1-29-22-7-5-18(6-8-22)20-12-21-11-17(9-10-27(21)15-20)16-33-26(28)19-13-23(30-2)25(32-4)24(14-19)31-3/h5-8,13-14,17,20-21H,9-12,15-16H2,1-4H3/t17-,20-,21+/m0/s1. The number of methoxy groups -OCH3 is 4. The molecule has 2 fully saturated rings. The van der Waals surface area contributed by atoms with Crippen LogP contribution in [0.2, 0.25) is 0 Å². The number of benzene rings is 2. The molecule has 0 spiro atoms. The van der Waals surface area contributed by atoms with Crippen LogP contribution in [0.3, 0.4) is 0 Å². The first-order valence-corrected chi connectivity index (χ1v) is 11.4. The molecule has 0 aliphatic carbocycles. The number of carbonyl (C=O) groups excluding carboxylic acids is 1. The molecule has 0 radical (unpaired) electrons. The Bertz CT molecular complexity index is 935. The highest BCUT2D eigenvalue weighted by Gasteiger charge is 2.37. The maximum absolute atomic E-state index is 12.7. The van der Waals surface area contributed by atoms with E-state index in [0.717, 1.165) is 38.1 Å². The predicted octanol–water partition coefficient (Wildman–Crippen LogP) is 4.15. The van der Waals surface area contributed by atoms with Gasteiger partial charge in [-0.1, -0.05) is 12.1 Å². The summed E-state index contributed by atoms with van der Waals surface area (Å²) in [6.45, 7) is 2.56. The fraction of sp³-hybridized carbons (Fsp3) is 0.500. The fourth-order valence-electron chi connectivity index (χ4n) is 5.10. The zero-order valence-electron chi connectivity index (χ0n) is 19.8. The Morgan fingerprint density at radius 3 is 2.24 bits per heavy atom. The lowest BCUT2D eigenvalue weighted by Gasteiger charge is -2.34. The lowest BCUT2D eigenvalue weighted by Crippen LogP contribution is -2.39. The molecule has 7 nitrogen and oxygen atoms in total. The molecule has 2 heterocycles. The summed E-state index contributed by atoms with van der Waals surface area (Å²) in [7, 11) is 6.29. The number of esters is 1. The summed E-state index contributed by atoms with van der Waals surface area (Å²) in [5, 5.41) is 0. The van der Waals surface area contributed by atoms with Gasteiger partial charge in [-0.3, -0.25) is 4.90 Å². The number of ether oxygens (including phenoxy) is 5. The van der Waals surface area contributed by atoms with Gasteiger partial charge in [-0.2, -0.15) is 0 Å². The van der Waals surface area contributed by atoms with Crippen molar-refractivity contribution in [2.75, 3.05) is 48.1 Å². The van der Waals surface area contributed by atoms with Crippen LogP contribution < -0.4 is 18.9 Å². The summed E-state index contributed by atoms with van der Waals surface area (Å²) in [4.78, 5) is 15.3. The van der Waals surface area contributed by atoms with E-state index in [4.69, 9.17) is 23.7 Å². The van der Waals surface area contributed by atoms with E-state index in [1.165, 1.54) is 26.9 Å². The van der Waals surface area contributed by atoms with E-state index in [2.05, 4.69) is 17.0 Å². The maximum Gasteiger partial charge on any atom is 0.338 e. The minimum Gasteiger partial charge on any atom is -0.497 e. The monoisotopic (exact) mass is 455 g/mol. The van der Waals surface area contributed by atoms with Gasteiger partial charge in [0.2, 0.25) is 5.75 Å². The number of hydrogen-bond donors (Lipinski definition) is 0. The largest absolute Gasteiger partial charge is 0.497 e. The third kappa shape index (κ3) is 5.03. The molecule has 4 rings (SSSR count). The summed E-state index contributed by atoms with van der Waals surface area (Å²) in [6.07, 6.45) is 3.23. The van der Waals surface area contributed by atoms with E-state index in [0.29, 0.717) is 47.3 Å². The van der Waals surface area contributed by atoms with Crippen molar-refractivity contribution < 1.29 is 28.5 Å². The van der Waals surface area contributed by atoms with Crippen LogP contribution in [0, 0.1) is 5.92 Å². The second-order valence-corrected chi connectivity index (χ2v) is 8.76. The Hall–Kier alpha value is -2.93. The van der Waals surface area contributed by atoms with Crippen LogP contribution >= 0.6 is 0 Å². The number of fused-ring (bicyclic) bond motifs is 1. The highest BCUT2D eigenvalue weighted by molar-refractivity contribution is 5.91. The molecule has 0 N–H and O–H groups in total. The van der Waals surface area contributed by atoms with Crippen molar-refractivity contribution in [2.45, 2.75) is 31.2 Å². The second-order valence-electron chi connectivity index (χ2n) is 8.76. The Balaban J connectivity index is 1.33. The van der Waals surface area contributed by atoms with Gasteiger partial charge in [0.15, 0.2) is 11.5 Å². The van der Waals surface area contributed by atoms with Gasteiger partial charge in [0, 0.05) is 12.6 Å². The molecule has 0 aromatic heterocycles.